The van der Waals surface area contributed by atoms with Crippen LogP contribution in [-0.4, -0.2) is 43.5 Å². The third kappa shape index (κ3) is 5.08. The number of carbonyl (C=O) groups excluding carboxylic acids is 1. The Balaban J connectivity index is 1.87. The van der Waals surface area contributed by atoms with Gasteiger partial charge in [0, 0.05) is 25.0 Å². The van der Waals surface area contributed by atoms with Crippen LogP contribution >= 0.6 is 11.3 Å². The van der Waals surface area contributed by atoms with E-state index in [4.69, 9.17) is 4.74 Å². The van der Waals surface area contributed by atoms with Gasteiger partial charge in [-0.2, -0.15) is 0 Å². The van der Waals surface area contributed by atoms with E-state index in [1.54, 1.807) is 23.3 Å². The highest BCUT2D eigenvalue weighted by Gasteiger charge is 2.13. The highest BCUT2D eigenvalue weighted by atomic mass is 32.1. The zero-order chi connectivity index (χ0) is 16.8. The minimum absolute atomic E-state index is 0.115. The van der Waals surface area contributed by atoms with E-state index < -0.39 is 0 Å². The van der Waals surface area contributed by atoms with Crippen LogP contribution in [0, 0.1) is 6.92 Å². The van der Waals surface area contributed by atoms with E-state index in [0.29, 0.717) is 13.1 Å². The first-order valence-electron chi connectivity index (χ1n) is 7.58. The van der Waals surface area contributed by atoms with Gasteiger partial charge < -0.3 is 9.64 Å². The Labute approximate surface area is 142 Å². The molecule has 124 valence electrons. The molecule has 5 heteroatoms. The van der Waals surface area contributed by atoms with Crippen molar-refractivity contribution in [2.75, 3.05) is 27.7 Å². The molecular weight excluding hydrogens is 308 g/mol. The summed E-state index contributed by atoms with van der Waals surface area (Å²) in [5.41, 5.74) is 2.36. The summed E-state index contributed by atoms with van der Waals surface area (Å²) in [7, 11) is 5.47. The minimum atomic E-state index is 0.115. The fourth-order valence-corrected chi connectivity index (χ4v) is 3.34. The Morgan fingerprint density at radius 3 is 2.65 bits per heavy atom. The Bertz CT molecular complexity index is 654. The SMILES string of the molecule is COc1cccc(CN(C)C(=O)CN(C)Cc2sccc2C)c1. The quantitative estimate of drug-likeness (QED) is 0.781. The monoisotopic (exact) mass is 332 g/mol. The predicted octanol–water partition coefficient (Wildman–Crippen LogP) is 3.16. The smallest absolute Gasteiger partial charge is 0.236 e. The van der Waals surface area contributed by atoms with Gasteiger partial charge in [-0.1, -0.05) is 12.1 Å². The number of likely N-dealkylation sites (N-methyl/N-ethyl adjacent to an activating group) is 2. The van der Waals surface area contributed by atoms with Crippen LogP contribution in [0.1, 0.15) is 16.0 Å². The summed E-state index contributed by atoms with van der Waals surface area (Å²) < 4.78 is 5.22. The Morgan fingerprint density at radius 1 is 1.22 bits per heavy atom. The highest BCUT2D eigenvalue weighted by Crippen LogP contribution is 2.17. The highest BCUT2D eigenvalue weighted by molar-refractivity contribution is 7.10. The lowest BCUT2D eigenvalue weighted by atomic mass is 10.2. The molecule has 0 N–H and O–H groups in total. The second kappa shape index (κ2) is 8.13. The van der Waals surface area contributed by atoms with Gasteiger partial charge in [0.1, 0.15) is 5.75 Å². The van der Waals surface area contributed by atoms with Crippen molar-refractivity contribution in [3.8, 4) is 5.75 Å². The number of benzene rings is 1. The average Bonchev–Trinajstić information content (AvgIpc) is 2.92. The van der Waals surface area contributed by atoms with Crippen molar-refractivity contribution in [2.24, 2.45) is 0 Å². The molecule has 4 nitrogen and oxygen atoms in total. The molecule has 0 bridgehead atoms. The number of rotatable bonds is 7. The van der Waals surface area contributed by atoms with Crippen LogP contribution in [0.5, 0.6) is 5.75 Å². The van der Waals surface area contributed by atoms with Crippen molar-refractivity contribution in [2.45, 2.75) is 20.0 Å². The first-order valence-corrected chi connectivity index (χ1v) is 8.46. The molecule has 23 heavy (non-hydrogen) atoms. The van der Waals surface area contributed by atoms with Crippen molar-refractivity contribution in [3.05, 3.63) is 51.7 Å². The molecule has 1 aromatic heterocycles. The molecule has 0 saturated carbocycles. The molecule has 0 spiro atoms. The standard InChI is InChI=1S/C18H24N2O2S/c1-14-8-9-23-17(14)12-19(2)13-18(21)20(3)11-15-6-5-7-16(10-15)22-4/h5-10H,11-13H2,1-4H3. The number of carbonyl (C=O) groups is 1. The molecule has 1 amide bonds. The van der Waals surface area contributed by atoms with Crippen LogP contribution in [0.15, 0.2) is 35.7 Å². The number of ether oxygens (including phenoxy) is 1. The van der Waals surface area contributed by atoms with Crippen LogP contribution in [0.2, 0.25) is 0 Å². The van der Waals surface area contributed by atoms with E-state index >= 15 is 0 Å². The molecule has 0 fully saturated rings. The molecule has 1 aromatic carbocycles. The van der Waals surface area contributed by atoms with Crippen LogP contribution in [0.4, 0.5) is 0 Å². The maximum atomic E-state index is 12.4. The van der Waals surface area contributed by atoms with E-state index in [9.17, 15) is 4.79 Å². The van der Waals surface area contributed by atoms with E-state index in [1.165, 1.54) is 10.4 Å². The van der Waals surface area contributed by atoms with Gasteiger partial charge in [0.25, 0.3) is 0 Å². The van der Waals surface area contributed by atoms with Crippen molar-refractivity contribution < 1.29 is 9.53 Å². The second-order valence-electron chi connectivity index (χ2n) is 5.80. The van der Waals surface area contributed by atoms with E-state index in [2.05, 4.69) is 23.3 Å². The lowest BCUT2D eigenvalue weighted by Crippen LogP contribution is -2.36. The number of hydrogen-bond acceptors (Lipinski definition) is 4. The topological polar surface area (TPSA) is 32.8 Å². The summed E-state index contributed by atoms with van der Waals surface area (Å²) in [5, 5.41) is 2.09. The summed E-state index contributed by atoms with van der Waals surface area (Å²) in [5.74, 6) is 0.929. The van der Waals surface area contributed by atoms with Crippen LogP contribution in [-0.2, 0) is 17.9 Å². The largest absolute Gasteiger partial charge is 0.497 e. The van der Waals surface area contributed by atoms with Gasteiger partial charge in [-0.25, -0.2) is 0 Å². The van der Waals surface area contributed by atoms with Gasteiger partial charge in [0.15, 0.2) is 0 Å². The minimum Gasteiger partial charge on any atom is -0.497 e. The van der Waals surface area contributed by atoms with Crippen LogP contribution < -0.4 is 4.74 Å². The number of nitrogens with zero attached hydrogens (tertiary/aromatic N) is 2. The van der Waals surface area contributed by atoms with Crippen molar-refractivity contribution in [1.82, 2.24) is 9.80 Å². The molecule has 0 saturated heterocycles. The maximum Gasteiger partial charge on any atom is 0.236 e. The molecule has 2 rings (SSSR count). The Morgan fingerprint density at radius 2 is 2.00 bits per heavy atom. The molecule has 2 aromatic rings. The predicted molar refractivity (Wildman–Crippen MR) is 94.9 cm³/mol. The normalized spacial score (nSPS) is 10.8. The van der Waals surface area contributed by atoms with Gasteiger partial charge >= 0.3 is 0 Å². The molecule has 0 radical (unpaired) electrons. The number of hydrogen-bond donors (Lipinski definition) is 0. The third-order valence-corrected chi connectivity index (χ3v) is 4.77. The van der Waals surface area contributed by atoms with Gasteiger partial charge in [0.05, 0.1) is 13.7 Å². The fraction of sp³-hybridized carbons (Fsp3) is 0.389. The Kier molecular flexibility index (Phi) is 6.19. The summed E-state index contributed by atoms with van der Waals surface area (Å²) in [4.78, 5) is 17.5. The number of thiophene rings is 1. The van der Waals surface area contributed by atoms with E-state index in [0.717, 1.165) is 17.9 Å². The van der Waals surface area contributed by atoms with Crippen LogP contribution in [0.3, 0.4) is 0 Å². The first kappa shape index (κ1) is 17.5. The molecule has 1 heterocycles. The van der Waals surface area contributed by atoms with Gasteiger partial charge in [-0.3, -0.25) is 9.69 Å². The van der Waals surface area contributed by atoms with Gasteiger partial charge in [-0.05, 0) is 48.7 Å². The lowest BCUT2D eigenvalue weighted by molar-refractivity contribution is -0.131. The summed E-state index contributed by atoms with van der Waals surface area (Å²) in [6.45, 7) is 3.92. The zero-order valence-corrected chi connectivity index (χ0v) is 15.0. The van der Waals surface area contributed by atoms with Gasteiger partial charge in [0.2, 0.25) is 5.91 Å². The van der Waals surface area contributed by atoms with Crippen LogP contribution in [0.25, 0.3) is 0 Å². The number of amides is 1. The summed E-state index contributed by atoms with van der Waals surface area (Å²) in [6.07, 6.45) is 0. The van der Waals surface area contributed by atoms with Crippen molar-refractivity contribution >= 4 is 17.2 Å². The number of methoxy groups -OCH3 is 1. The molecule has 0 atom stereocenters. The number of aryl methyl sites for hydroxylation is 1. The summed E-state index contributed by atoms with van der Waals surface area (Å²) in [6, 6.07) is 9.93. The fourth-order valence-electron chi connectivity index (χ4n) is 2.35. The van der Waals surface area contributed by atoms with Crippen molar-refractivity contribution in [3.63, 3.8) is 0 Å². The lowest BCUT2D eigenvalue weighted by Gasteiger charge is -2.22. The average molecular weight is 332 g/mol. The molecule has 0 aliphatic rings. The van der Waals surface area contributed by atoms with Crippen molar-refractivity contribution in [1.29, 1.82) is 0 Å². The maximum absolute atomic E-state index is 12.4. The molecular formula is C18H24N2O2S. The molecule has 0 aliphatic heterocycles. The summed E-state index contributed by atoms with van der Waals surface area (Å²) >= 11 is 1.74. The Hall–Kier alpha value is -1.85. The molecule has 0 aliphatic carbocycles. The van der Waals surface area contributed by atoms with E-state index in [-0.39, 0.29) is 5.91 Å². The van der Waals surface area contributed by atoms with E-state index in [1.807, 2.05) is 38.4 Å². The first-order chi connectivity index (χ1) is 11.0. The van der Waals surface area contributed by atoms with Gasteiger partial charge in [-0.15, -0.1) is 11.3 Å². The second-order valence-corrected chi connectivity index (χ2v) is 6.80. The molecule has 0 unspecified atom stereocenters. The zero-order valence-electron chi connectivity index (χ0n) is 14.2. The third-order valence-electron chi connectivity index (χ3n) is 3.77.